The Morgan fingerprint density at radius 3 is 1.88 bits per heavy atom. The van der Waals surface area contributed by atoms with Gasteiger partial charge in [0.25, 0.3) is 0 Å². The lowest BCUT2D eigenvalue weighted by Crippen LogP contribution is -2.50. The van der Waals surface area contributed by atoms with E-state index < -0.39 is 0 Å². The Bertz CT molecular complexity index is 553. The molecule has 0 bridgehead atoms. The highest BCUT2D eigenvalue weighted by Gasteiger charge is 2.23. The summed E-state index contributed by atoms with van der Waals surface area (Å²) in [7, 11) is 0. The topological polar surface area (TPSA) is 32.8 Å². The molecule has 1 aliphatic rings. The zero-order valence-corrected chi connectivity index (χ0v) is 17.9. The molecule has 0 amide bonds. The summed E-state index contributed by atoms with van der Waals surface area (Å²) in [5.74, 6) is 1.29. The molecule has 0 unspecified atom stereocenters. The van der Waals surface area contributed by atoms with Crippen molar-refractivity contribution in [1.82, 2.24) is 9.80 Å². The van der Waals surface area contributed by atoms with Crippen LogP contribution in [-0.2, 0) is 4.79 Å². The molecule has 1 fully saturated rings. The fourth-order valence-electron chi connectivity index (χ4n) is 3.37. The Morgan fingerprint density at radius 1 is 0.962 bits per heavy atom. The van der Waals surface area contributed by atoms with E-state index in [-0.39, 0.29) is 18.4 Å². The van der Waals surface area contributed by atoms with Gasteiger partial charge in [-0.1, -0.05) is 45.9 Å². The Labute approximate surface area is 165 Å². The van der Waals surface area contributed by atoms with Crippen molar-refractivity contribution >= 4 is 18.4 Å². The minimum absolute atomic E-state index is 0. The Hall–Kier alpha value is -1.10. The van der Waals surface area contributed by atoms with Crippen LogP contribution in [0.2, 0.25) is 0 Å². The molecule has 148 valence electrons. The number of ether oxygens (including phenoxy) is 1. The zero-order valence-electron chi connectivity index (χ0n) is 17.1. The molecule has 1 heterocycles. The maximum absolute atomic E-state index is 12.6. The van der Waals surface area contributed by atoms with Gasteiger partial charge in [0.2, 0.25) is 0 Å². The molecule has 5 heteroatoms. The average Bonchev–Trinajstić information content (AvgIpc) is 2.54. The smallest absolute Gasteiger partial charge is 0.325 e. The van der Waals surface area contributed by atoms with Gasteiger partial charge in [-0.2, -0.15) is 0 Å². The van der Waals surface area contributed by atoms with Gasteiger partial charge in [0.05, 0.1) is 6.54 Å². The first-order valence-electron chi connectivity index (χ1n) is 9.59. The van der Waals surface area contributed by atoms with Gasteiger partial charge >= 0.3 is 5.97 Å². The minimum atomic E-state index is -0.145. The number of halogens is 1. The number of hydrogen-bond donors (Lipinski definition) is 0. The number of hydrogen-bond acceptors (Lipinski definition) is 4. The molecule has 26 heavy (non-hydrogen) atoms. The van der Waals surface area contributed by atoms with Crippen molar-refractivity contribution in [3.8, 4) is 5.75 Å². The van der Waals surface area contributed by atoms with Crippen molar-refractivity contribution in [2.75, 3.05) is 32.7 Å². The molecular formula is C21H35ClN2O2. The summed E-state index contributed by atoms with van der Waals surface area (Å²) in [5.41, 5.74) is 2.23. The molecular weight excluding hydrogens is 348 g/mol. The van der Waals surface area contributed by atoms with Gasteiger partial charge in [-0.05, 0) is 36.8 Å². The highest BCUT2D eigenvalue weighted by atomic mass is 35.5. The molecule has 0 atom stereocenters. The van der Waals surface area contributed by atoms with E-state index in [1.54, 1.807) is 0 Å². The van der Waals surface area contributed by atoms with Gasteiger partial charge in [-0.3, -0.25) is 14.6 Å². The van der Waals surface area contributed by atoms with Crippen LogP contribution in [0.3, 0.4) is 0 Å². The molecule has 0 N–H and O–H groups in total. The predicted molar refractivity (Wildman–Crippen MR) is 111 cm³/mol. The number of esters is 1. The minimum Gasteiger partial charge on any atom is -0.425 e. The number of para-hydroxylation sites is 1. The lowest BCUT2D eigenvalue weighted by Gasteiger charge is -2.36. The second kappa shape index (κ2) is 10.3. The molecule has 0 spiro atoms. The summed E-state index contributed by atoms with van der Waals surface area (Å²) in [4.78, 5) is 17.2. The summed E-state index contributed by atoms with van der Waals surface area (Å²) < 4.78 is 5.88. The standard InChI is InChI=1S/C21H34N2O2.ClH/c1-15(2)18-8-7-9-19(16(3)4)21(18)25-20(24)14-22-10-12-23(13-11-22)17(5)6;/h7-9,15-17H,10-14H2,1-6H3;1H. The summed E-state index contributed by atoms with van der Waals surface area (Å²) >= 11 is 0. The largest absolute Gasteiger partial charge is 0.425 e. The van der Waals surface area contributed by atoms with E-state index in [1.165, 1.54) is 0 Å². The summed E-state index contributed by atoms with van der Waals surface area (Å²) in [6.45, 7) is 17.3. The van der Waals surface area contributed by atoms with Gasteiger partial charge in [0, 0.05) is 32.2 Å². The quantitative estimate of drug-likeness (QED) is 0.542. The monoisotopic (exact) mass is 382 g/mol. The average molecular weight is 383 g/mol. The Balaban J connectivity index is 0.00000338. The third-order valence-electron chi connectivity index (χ3n) is 5.03. The lowest BCUT2D eigenvalue weighted by atomic mass is 9.94. The number of rotatable bonds is 6. The van der Waals surface area contributed by atoms with E-state index in [0.717, 1.165) is 43.1 Å². The molecule has 1 aliphatic heterocycles. The Morgan fingerprint density at radius 2 is 1.46 bits per heavy atom. The van der Waals surface area contributed by atoms with E-state index in [1.807, 2.05) is 0 Å². The number of carbonyl (C=O) groups excluding carboxylic acids is 1. The van der Waals surface area contributed by atoms with E-state index in [9.17, 15) is 4.79 Å². The van der Waals surface area contributed by atoms with E-state index >= 15 is 0 Å². The fourth-order valence-corrected chi connectivity index (χ4v) is 3.37. The van der Waals surface area contributed by atoms with Crippen LogP contribution in [0.1, 0.15) is 64.5 Å². The summed E-state index contributed by atoms with van der Waals surface area (Å²) in [6, 6.07) is 6.77. The maximum Gasteiger partial charge on any atom is 0.325 e. The molecule has 0 radical (unpaired) electrons. The molecule has 0 aliphatic carbocycles. The second-order valence-corrected chi connectivity index (χ2v) is 7.95. The van der Waals surface area contributed by atoms with Crippen LogP contribution in [0.15, 0.2) is 18.2 Å². The maximum atomic E-state index is 12.6. The van der Waals surface area contributed by atoms with Crippen molar-refractivity contribution in [2.24, 2.45) is 0 Å². The molecule has 2 rings (SSSR count). The van der Waals surface area contributed by atoms with Crippen LogP contribution < -0.4 is 4.74 Å². The van der Waals surface area contributed by atoms with Crippen LogP contribution >= 0.6 is 12.4 Å². The van der Waals surface area contributed by atoms with Crippen LogP contribution in [0.4, 0.5) is 0 Å². The number of nitrogens with zero attached hydrogens (tertiary/aromatic N) is 2. The van der Waals surface area contributed by atoms with Gasteiger partial charge in [0.15, 0.2) is 0 Å². The Kier molecular flexibility index (Phi) is 9.08. The van der Waals surface area contributed by atoms with E-state index in [0.29, 0.717) is 24.4 Å². The van der Waals surface area contributed by atoms with Crippen LogP contribution in [0.5, 0.6) is 5.75 Å². The first-order chi connectivity index (χ1) is 11.8. The third-order valence-corrected chi connectivity index (χ3v) is 5.03. The molecule has 4 nitrogen and oxygen atoms in total. The first kappa shape index (κ1) is 22.9. The van der Waals surface area contributed by atoms with Crippen molar-refractivity contribution in [1.29, 1.82) is 0 Å². The first-order valence-corrected chi connectivity index (χ1v) is 9.59. The number of piperazine rings is 1. The predicted octanol–water partition coefficient (Wildman–Crippen LogP) is 4.29. The van der Waals surface area contributed by atoms with Crippen molar-refractivity contribution in [3.05, 3.63) is 29.3 Å². The van der Waals surface area contributed by atoms with Gasteiger partial charge in [0.1, 0.15) is 5.75 Å². The highest BCUT2D eigenvalue weighted by molar-refractivity contribution is 5.85. The van der Waals surface area contributed by atoms with Crippen LogP contribution in [-0.4, -0.2) is 54.5 Å². The van der Waals surface area contributed by atoms with Gasteiger partial charge in [-0.15, -0.1) is 12.4 Å². The normalized spacial score (nSPS) is 16.2. The van der Waals surface area contributed by atoms with E-state index in [4.69, 9.17) is 4.74 Å². The van der Waals surface area contributed by atoms with Gasteiger partial charge in [-0.25, -0.2) is 0 Å². The summed E-state index contributed by atoms with van der Waals surface area (Å²) in [6.07, 6.45) is 0. The van der Waals surface area contributed by atoms with Gasteiger partial charge < -0.3 is 4.74 Å². The number of carbonyl (C=O) groups is 1. The molecule has 0 saturated carbocycles. The number of benzene rings is 1. The lowest BCUT2D eigenvalue weighted by molar-refractivity contribution is -0.136. The van der Waals surface area contributed by atoms with Crippen LogP contribution in [0, 0.1) is 0 Å². The van der Waals surface area contributed by atoms with Crippen molar-refractivity contribution < 1.29 is 9.53 Å². The fraction of sp³-hybridized carbons (Fsp3) is 0.667. The summed E-state index contributed by atoms with van der Waals surface area (Å²) in [5, 5.41) is 0. The molecule has 1 aromatic rings. The van der Waals surface area contributed by atoms with E-state index in [2.05, 4.69) is 69.5 Å². The second-order valence-electron chi connectivity index (χ2n) is 7.95. The SMILES string of the molecule is CC(C)c1cccc(C(C)C)c1OC(=O)CN1CCN(C(C)C)CC1.Cl. The van der Waals surface area contributed by atoms with Crippen molar-refractivity contribution in [2.45, 2.75) is 59.4 Å². The van der Waals surface area contributed by atoms with Crippen molar-refractivity contribution in [3.63, 3.8) is 0 Å². The highest BCUT2D eigenvalue weighted by Crippen LogP contribution is 2.34. The van der Waals surface area contributed by atoms with Crippen LogP contribution in [0.25, 0.3) is 0 Å². The molecule has 1 aromatic carbocycles. The zero-order chi connectivity index (χ0) is 18.6. The molecule has 0 aromatic heterocycles. The molecule has 1 saturated heterocycles. The third kappa shape index (κ3) is 5.97.